The maximum absolute atomic E-state index is 11.5. The minimum absolute atomic E-state index is 0.343. The predicted molar refractivity (Wildman–Crippen MR) is 114 cm³/mol. The van der Waals surface area contributed by atoms with E-state index in [0.29, 0.717) is 22.5 Å². The number of hydrogen-bond acceptors (Lipinski definition) is 3. The number of esters is 1. The summed E-state index contributed by atoms with van der Waals surface area (Å²) < 4.78 is 10.8. The summed E-state index contributed by atoms with van der Waals surface area (Å²) in [4.78, 5) is 11.5. The van der Waals surface area contributed by atoms with Crippen molar-refractivity contribution in [1.82, 2.24) is 0 Å². The van der Waals surface area contributed by atoms with Gasteiger partial charge >= 0.3 is 5.97 Å². The van der Waals surface area contributed by atoms with Crippen molar-refractivity contribution < 1.29 is 14.3 Å². The van der Waals surface area contributed by atoms with Gasteiger partial charge in [0.05, 0.1) is 12.7 Å². The molecule has 3 aromatic rings. The lowest BCUT2D eigenvalue weighted by Crippen LogP contribution is -2.03. The Morgan fingerprint density at radius 3 is 2.41 bits per heavy atom. The zero-order valence-electron chi connectivity index (χ0n) is 14.7. The van der Waals surface area contributed by atoms with Crippen LogP contribution in [0, 0.1) is 0 Å². The van der Waals surface area contributed by atoms with E-state index in [2.05, 4.69) is 15.9 Å². The van der Waals surface area contributed by atoms with E-state index in [1.54, 1.807) is 12.1 Å². The second-order valence-electron chi connectivity index (χ2n) is 5.93. The second-order valence-corrected chi connectivity index (χ2v) is 6.90. The number of rotatable bonds is 6. The van der Waals surface area contributed by atoms with Crippen molar-refractivity contribution in [3.05, 3.63) is 82.4 Å². The van der Waals surface area contributed by atoms with Gasteiger partial charge in [-0.3, -0.25) is 0 Å². The Hall–Kier alpha value is -2.30. The van der Waals surface area contributed by atoms with Crippen LogP contribution >= 0.6 is 27.5 Å². The van der Waals surface area contributed by atoms with Crippen molar-refractivity contribution in [3.63, 3.8) is 0 Å². The van der Waals surface area contributed by atoms with Gasteiger partial charge < -0.3 is 9.47 Å². The molecule has 3 nitrogen and oxygen atoms in total. The lowest BCUT2D eigenvalue weighted by molar-refractivity contribution is 0.0600. The monoisotopic (exact) mass is 444 g/mol. The maximum atomic E-state index is 11.5. The highest BCUT2D eigenvalue weighted by atomic mass is 79.9. The Labute approximate surface area is 171 Å². The number of carbonyl (C=O) groups is 1. The van der Waals surface area contributed by atoms with Gasteiger partial charge in [-0.2, -0.15) is 0 Å². The quantitative estimate of drug-likeness (QED) is 0.338. The summed E-state index contributed by atoms with van der Waals surface area (Å²) in [7, 11) is 1.37. The third kappa shape index (κ3) is 4.71. The fourth-order valence-electron chi connectivity index (χ4n) is 2.72. The number of hydrogen-bond donors (Lipinski definition) is 0. The van der Waals surface area contributed by atoms with Crippen molar-refractivity contribution in [1.29, 1.82) is 0 Å². The van der Waals surface area contributed by atoms with Gasteiger partial charge in [0, 0.05) is 21.1 Å². The number of methoxy groups -OCH3 is 1. The molecule has 138 valence electrons. The van der Waals surface area contributed by atoms with Gasteiger partial charge in [-0.25, -0.2) is 4.79 Å². The summed E-state index contributed by atoms with van der Waals surface area (Å²) in [5.41, 5.74) is 2.58. The molecule has 0 heterocycles. The third-order valence-corrected chi connectivity index (χ3v) is 5.17. The average molecular weight is 446 g/mol. The van der Waals surface area contributed by atoms with Crippen LogP contribution in [0.1, 0.15) is 15.9 Å². The van der Waals surface area contributed by atoms with E-state index in [1.165, 1.54) is 7.11 Å². The van der Waals surface area contributed by atoms with Crippen LogP contribution in [0.25, 0.3) is 16.8 Å². The van der Waals surface area contributed by atoms with E-state index in [9.17, 15) is 4.79 Å². The van der Waals surface area contributed by atoms with Crippen LogP contribution in [0.2, 0.25) is 5.02 Å². The fourth-order valence-corrected chi connectivity index (χ4v) is 3.27. The van der Waals surface area contributed by atoms with E-state index in [0.717, 1.165) is 27.7 Å². The van der Waals surface area contributed by atoms with E-state index in [1.807, 2.05) is 54.6 Å². The highest BCUT2D eigenvalue weighted by Crippen LogP contribution is 2.31. The zero-order chi connectivity index (χ0) is 19.2. The molecule has 0 N–H and O–H groups in total. The van der Waals surface area contributed by atoms with Gasteiger partial charge in [0.15, 0.2) is 0 Å². The molecule has 5 heteroatoms. The minimum atomic E-state index is -0.343. The topological polar surface area (TPSA) is 35.5 Å². The highest BCUT2D eigenvalue weighted by molar-refractivity contribution is 9.09. The molecule has 0 aliphatic heterocycles. The molecule has 3 rings (SSSR count). The Balaban J connectivity index is 1.77. The summed E-state index contributed by atoms with van der Waals surface area (Å²) in [6.45, 7) is 0.440. The molecule has 0 radical (unpaired) electrons. The van der Waals surface area contributed by atoms with Crippen LogP contribution in [0.15, 0.2) is 66.2 Å². The first-order chi connectivity index (χ1) is 13.1. The second kappa shape index (κ2) is 9.07. The first-order valence-electron chi connectivity index (χ1n) is 8.36. The Kier molecular flexibility index (Phi) is 6.54. The number of benzene rings is 3. The van der Waals surface area contributed by atoms with E-state index in [4.69, 9.17) is 21.1 Å². The first-order valence-corrected chi connectivity index (χ1v) is 9.86. The summed E-state index contributed by atoms with van der Waals surface area (Å²) in [6.07, 6.45) is 2.04. The van der Waals surface area contributed by atoms with Crippen LogP contribution < -0.4 is 4.74 Å². The SMILES string of the molecule is COC(=O)c1ccc(/C=C(\CBr)COc2ccc(Cl)c3ccccc23)cc1. The lowest BCUT2D eigenvalue weighted by atomic mass is 10.1. The van der Waals surface area contributed by atoms with Crippen molar-refractivity contribution in [3.8, 4) is 5.75 Å². The number of carbonyl (C=O) groups excluding carboxylic acids is 1. The average Bonchev–Trinajstić information content (AvgIpc) is 2.72. The fraction of sp³-hybridized carbons (Fsp3) is 0.136. The first kappa shape index (κ1) is 19.5. The smallest absolute Gasteiger partial charge is 0.337 e. The standard InChI is InChI=1S/C22H18BrClO3/c1-26-22(25)17-8-6-15(7-9-17)12-16(13-23)14-27-21-11-10-20(24)18-4-2-3-5-19(18)21/h2-12H,13-14H2,1H3/b16-12+. The molecule has 0 unspecified atom stereocenters. The molecule has 0 saturated carbocycles. The van der Waals surface area contributed by atoms with Crippen molar-refractivity contribution >= 4 is 50.3 Å². The van der Waals surface area contributed by atoms with E-state index < -0.39 is 0 Å². The van der Waals surface area contributed by atoms with Gasteiger partial charge in [0.25, 0.3) is 0 Å². The predicted octanol–water partition coefficient (Wildman–Crippen LogP) is 6.14. The van der Waals surface area contributed by atoms with Gasteiger partial charge in [-0.15, -0.1) is 0 Å². The maximum Gasteiger partial charge on any atom is 0.337 e. The Morgan fingerprint density at radius 1 is 1.04 bits per heavy atom. The number of alkyl halides is 1. The molecule has 0 atom stereocenters. The van der Waals surface area contributed by atoms with Crippen LogP contribution in [-0.2, 0) is 4.74 Å². The summed E-state index contributed by atoms with van der Waals surface area (Å²) in [6, 6.07) is 18.9. The molecule has 3 aromatic carbocycles. The van der Waals surface area contributed by atoms with E-state index in [-0.39, 0.29) is 5.97 Å². The Bertz CT molecular complexity index is 981. The van der Waals surface area contributed by atoms with Crippen molar-refractivity contribution in [2.75, 3.05) is 19.0 Å². The highest BCUT2D eigenvalue weighted by Gasteiger charge is 2.07. The van der Waals surface area contributed by atoms with Crippen LogP contribution in [-0.4, -0.2) is 25.0 Å². The van der Waals surface area contributed by atoms with Gasteiger partial charge in [-0.05, 0) is 35.4 Å². The molecule has 0 fully saturated rings. The van der Waals surface area contributed by atoms with Crippen LogP contribution in [0.4, 0.5) is 0 Å². The molecular weight excluding hydrogens is 428 g/mol. The molecule has 27 heavy (non-hydrogen) atoms. The molecule has 0 amide bonds. The summed E-state index contributed by atoms with van der Waals surface area (Å²) in [5, 5.41) is 3.35. The minimum Gasteiger partial charge on any atom is -0.489 e. The van der Waals surface area contributed by atoms with Gasteiger partial charge in [-0.1, -0.05) is 70.0 Å². The zero-order valence-corrected chi connectivity index (χ0v) is 17.1. The molecule has 0 bridgehead atoms. The molecule has 0 saturated heterocycles. The number of halogens is 2. The summed E-state index contributed by atoms with van der Waals surface area (Å²) in [5.74, 6) is 0.451. The van der Waals surface area contributed by atoms with Gasteiger partial charge in [0.1, 0.15) is 12.4 Å². The van der Waals surface area contributed by atoms with Crippen LogP contribution in [0.5, 0.6) is 5.75 Å². The molecule has 0 spiro atoms. The molecule has 0 aliphatic carbocycles. The lowest BCUT2D eigenvalue weighted by Gasteiger charge is -2.12. The molecule has 0 aromatic heterocycles. The number of ether oxygens (including phenoxy) is 2. The molecule has 0 aliphatic rings. The normalized spacial score (nSPS) is 11.4. The van der Waals surface area contributed by atoms with Gasteiger partial charge in [0.2, 0.25) is 0 Å². The Morgan fingerprint density at radius 2 is 1.74 bits per heavy atom. The summed E-state index contributed by atoms with van der Waals surface area (Å²) >= 11 is 9.78. The van der Waals surface area contributed by atoms with Crippen molar-refractivity contribution in [2.45, 2.75) is 0 Å². The van der Waals surface area contributed by atoms with Crippen LogP contribution in [0.3, 0.4) is 0 Å². The number of fused-ring (bicyclic) bond motifs is 1. The third-order valence-electron chi connectivity index (χ3n) is 4.12. The largest absolute Gasteiger partial charge is 0.489 e. The van der Waals surface area contributed by atoms with E-state index >= 15 is 0 Å². The van der Waals surface area contributed by atoms with Crippen molar-refractivity contribution in [2.24, 2.45) is 0 Å². The molecular formula is C22H18BrClO3.